The van der Waals surface area contributed by atoms with Crippen LogP contribution in [-0.2, 0) is 14.3 Å². The fraction of sp³-hybridized carbons (Fsp3) is 0.476. The third kappa shape index (κ3) is 3.55. The van der Waals surface area contributed by atoms with Crippen LogP contribution in [0.1, 0.15) is 49.8 Å². The van der Waals surface area contributed by atoms with E-state index < -0.39 is 17.1 Å². The molecule has 1 aromatic rings. The summed E-state index contributed by atoms with van der Waals surface area (Å²) >= 11 is 0.857. The van der Waals surface area contributed by atoms with Gasteiger partial charge in [-0.1, -0.05) is 6.92 Å². The smallest absolute Gasteiger partial charge is 0.325 e. The van der Waals surface area contributed by atoms with Crippen molar-refractivity contribution in [2.75, 3.05) is 25.6 Å². The first-order valence-corrected chi connectivity index (χ1v) is 10.1. The summed E-state index contributed by atoms with van der Waals surface area (Å²) in [6, 6.07) is 4.27. The Morgan fingerprint density at radius 3 is 2.68 bits per heavy atom. The quantitative estimate of drug-likeness (QED) is 0.564. The second kappa shape index (κ2) is 7.28. The molecular weight excluding hydrogens is 376 g/mol. The lowest BCUT2D eigenvalue weighted by Crippen LogP contribution is -2.45. The van der Waals surface area contributed by atoms with E-state index in [0.29, 0.717) is 10.8 Å². The molecule has 2 heterocycles. The van der Waals surface area contributed by atoms with Gasteiger partial charge in [0.15, 0.2) is 0 Å². The molecule has 1 atom stereocenters. The standard InChI is InChI=1S/C21H26N2O4S/c1-12-7-16-15(13(2)10-21(3,4)22(16)5)8-14(12)9-17-19(25)23(20(26)28-17)11-18(24)27-6/h7-9,13H,10-11H2,1-6H3/b17-9+/t13-/m1/s1. The molecule has 1 fully saturated rings. The van der Waals surface area contributed by atoms with Gasteiger partial charge in [-0.3, -0.25) is 19.3 Å². The zero-order chi connectivity index (χ0) is 20.8. The van der Waals surface area contributed by atoms with E-state index in [4.69, 9.17) is 0 Å². The molecule has 0 N–H and O–H groups in total. The van der Waals surface area contributed by atoms with E-state index in [2.05, 4.69) is 49.6 Å². The highest BCUT2D eigenvalue weighted by Gasteiger charge is 2.37. The second-order valence-corrected chi connectivity index (χ2v) is 9.08. The van der Waals surface area contributed by atoms with Crippen molar-refractivity contribution < 1.29 is 19.1 Å². The number of imide groups is 1. The molecule has 2 amide bonds. The van der Waals surface area contributed by atoms with Crippen LogP contribution in [-0.4, -0.2) is 48.3 Å². The van der Waals surface area contributed by atoms with Crippen molar-refractivity contribution in [1.82, 2.24) is 4.90 Å². The number of amides is 2. The minimum atomic E-state index is -0.618. The van der Waals surface area contributed by atoms with Gasteiger partial charge in [0, 0.05) is 18.3 Å². The van der Waals surface area contributed by atoms with Gasteiger partial charge in [0.2, 0.25) is 0 Å². The highest BCUT2D eigenvalue weighted by molar-refractivity contribution is 8.18. The molecule has 7 heteroatoms. The highest BCUT2D eigenvalue weighted by Crippen LogP contribution is 2.44. The number of aryl methyl sites for hydroxylation is 1. The molecule has 0 spiro atoms. The van der Waals surface area contributed by atoms with Crippen LogP contribution < -0.4 is 4.90 Å². The Hall–Kier alpha value is -2.28. The summed E-state index contributed by atoms with van der Waals surface area (Å²) in [4.78, 5) is 39.7. The van der Waals surface area contributed by atoms with Crippen LogP contribution in [0.25, 0.3) is 6.08 Å². The van der Waals surface area contributed by atoms with Gasteiger partial charge in [-0.25, -0.2) is 0 Å². The summed E-state index contributed by atoms with van der Waals surface area (Å²) in [5.41, 5.74) is 4.49. The number of carbonyl (C=O) groups is 3. The number of benzene rings is 1. The summed E-state index contributed by atoms with van der Waals surface area (Å²) in [5, 5.41) is -0.452. The lowest BCUT2D eigenvalue weighted by molar-refractivity contribution is -0.143. The molecule has 0 aromatic heterocycles. The molecular formula is C21H26N2O4S. The number of ether oxygens (including phenoxy) is 1. The van der Waals surface area contributed by atoms with Gasteiger partial charge >= 0.3 is 5.97 Å². The number of nitrogens with zero attached hydrogens (tertiary/aromatic N) is 2. The Labute approximate surface area is 169 Å². The molecule has 6 nitrogen and oxygen atoms in total. The number of anilines is 1. The average molecular weight is 403 g/mol. The molecule has 28 heavy (non-hydrogen) atoms. The first kappa shape index (κ1) is 20.5. The Bertz CT molecular complexity index is 891. The molecule has 0 aliphatic carbocycles. The summed E-state index contributed by atoms with van der Waals surface area (Å²) in [5.74, 6) is -0.680. The van der Waals surface area contributed by atoms with Crippen molar-refractivity contribution in [3.63, 3.8) is 0 Å². The van der Waals surface area contributed by atoms with E-state index in [-0.39, 0.29) is 12.1 Å². The van der Waals surface area contributed by atoms with E-state index >= 15 is 0 Å². The van der Waals surface area contributed by atoms with E-state index in [1.54, 1.807) is 6.08 Å². The van der Waals surface area contributed by atoms with Crippen LogP contribution in [0.4, 0.5) is 10.5 Å². The number of fused-ring (bicyclic) bond motifs is 1. The van der Waals surface area contributed by atoms with Crippen LogP contribution in [0.15, 0.2) is 17.0 Å². The number of thioether (sulfide) groups is 1. The molecule has 0 radical (unpaired) electrons. The molecule has 1 aromatic carbocycles. The molecule has 2 aliphatic rings. The van der Waals surface area contributed by atoms with Crippen molar-refractivity contribution in [2.45, 2.75) is 45.6 Å². The summed E-state index contributed by atoms with van der Waals surface area (Å²) in [7, 11) is 3.34. The minimum Gasteiger partial charge on any atom is -0.468 e. The zero-order valence-corrected chi connectivity index (χ0v) is 18.0. The Morgan fingerprint density at radius 2 is 2.04 bits per heavy atom. The lowest BCUT2D eigenvalue weighted by Gasteiger charge is -2.45. The Balaban J connectivity index is 1.96. The molecule has 150 valence electrons. The third-order valence-corrected chi connectivity index (χ3v) is 6.60. The average Bonchev–Trinajstić information content (AvgIpc) is 2.88. The second-order valence-electron chi connectivity index (χ2n) is 8.09. The Kier molecular flexibility index (Phi) is 5.32. The highest BCUT2D eigenvalue weighted by atomic mass is 32.2. The predicted molar refractivity (Wildman–Crippen MR) is 111 cm³/mol. The van der Waals surface area contributed by atoms with E-state index in [1.165, 1.54) is 18.4 Å². The first-order valence-electron chi connectivity index (χ1n) is 9.25. The molecule has 3 rings (SSSR count). The predicted octanol–water partition coefficient (Wildman–Crippen LogP) is 3.93. The van der Waals surface area contributed by atoms with Crippen molar-refractivity contribution in [1.29, 1.82) is 0 Å². The van der Waals surface area contributed by atoms with Crippen molar-refractivity contribution >= 4 is 40.6 Å². The summed E-state index contributed by atoms with van der Waals surface area (Å²) < 4.78 is 4.56. The van der Waals surface area contributed by atoms with Gasteiger partial charge in [0.25, 0.3) is 11.1 Å². The Morgan fingerprint density at radius 1 is 1.36 bits per heavy atom. The normalized spacial score (nSPS) is 22.6. The number of hydrogen-bond acceptors (Lipinski definition) is 6. The first-order chi connectivity index (χ1) is 13.0. The maximum atomic E-state index is 12.6. The van der Waals surface area contributed by atoms with Crippen molar-refractivity contribution in [2.24, 2.45) is 0 Å². The maximum Gasteiger partial charge on any atom is 0.325 e. The van der Waals surface area contributed by atoms with Gasteiger partial charge in [-0.2, -0.15) is 0 Å². The molecule has 0 saturated carbocycles. The fourth-order valence-electron chi connectivity index (χ4n) is 3.86. The molecule has 1 saturated heterocycles. The van der Waals surface area contributed by atoms with Gasteiger partial charge in [0.05, 0.1) is 12.0 Å². The topological polar surface area (TPSA) is 66.9 Å². The monoisotopic (exact) mass is 402 g/mol. The van der Waals surface area contributed by atoms with Crippen molar-refractivity contribution in [3.8, 4) is 0 Å². The lowest BCUT2D eigenvalue weighted by atomic mass is 9.79. The third-order valence-electron chi connectivity index (χ3n) is 5.70. The maximum absolute atomic E-state index is 12.6. The molecule has 2 aliphatic heterocycles. The minimum absolute atomic E-state index is 0.0803. The number of rotatable bonds is 3. The fourth-order valence-corrected chi connectivity index (χ4v) is 4.69. The van der Waals surface area contributed by atoms with E-state index in [9.17, 15) is 14.4 Å². The van der Waals surface area contributed by atoms with Crippen LogP contribution in [0, 0.1) is 6.92 Å². The van der Waals surface area contributed by atoms with Gasteiger partial charge < -0.3 is 9.64 Å². The van der Waals surface area contributed by atoms with Gasteiger partial charge in [-0.15, -0.1) is 0 Å². The van der Waals surface area contributed by atoms with Crippen LogP contribution in [0.3, 0.4) is 0 Å². The van der Waals surface area contributed by atoms with Crippen LogP contribution >= 0.6 is 11.8 Å². The number of carbonyl (C=O) groups excluding carboxylic acids is 3. The van der Waals surface area contributed by atoms with Crippen LogP contribution in [0.2, 0.25) is 0 Å². The van der Waals surface area contributed by atoms with E-state index in [0.717, 1.165) is 34.2 Å². The van der Waals surface area contributed by atoms with E-state index in [1.807, 2.05) is 6.92 Å². The molecule has 0 unspecified atom stereocenters. The number of hydrogen-bond donors (Lipinski definition) is 0. The summed E-state index contributed by atoms with van der Waals surface area (Å²) in [6.45, 7) is 8.35. The SMILES string of the molecule is COC(=O)CN1C(=O)S/C(=C/c2cc3c(cc2C)N(C)C(C)(C)C[C@H]3C)C1=O. The van der Waals surface area contributed by atoms with Gasteiger partial charge in [-0.05, 0) is 79.8 Å². The summed E-state index contributed by atoms with van der Waals surface area (Å²) in [6.07, 6.45) is 2.79. The largest absolute Gasteiger partial charge is 0.468 e. The van der Waals surface area contributed by atoms with Crippen molar-refractivity contribution in [3.05, 3.63) is 33.7 Å². The number of methoxy groups -OCH3 is 1. The number of esters is 1. The zero-order valence-electron chi connectivity index (χ0n) is 17.2. The van der Waals surface area contributed by atoms with Gasteiger partial charge in [0.1, 0.15) is 6.54 Å². The van der Waals surface area contributed by atoms with Crippen LogP contribution in [0.5, 0.6) is 0 Å². The molecule has 0 bridgehead atoms.